The van der Waals surface area contributed by atoms with Gasteiger partial charge in [-0.1, -0.05) is 76.3 Å². The van der Waals surface area contributed by atoms with Crippen molar-refractivity contribution < 1.29 is 14.6 Å². The molecule has 0 aliphatic carbocycles. The average Bonchev–Trinajstić information content (AvgIpc) is 2.65. The van der Waals surface area contributed by atoms with Gasteiger partial charge >= 0.3 is 5.97 Å². The maximum Gasteiger partial charge on any atom is 0.354 e. The Labute approximate surface area is 163 Å². The smallest absolute Gasteiger partial charge is 0.354 e. The largest absolute Gasteiger partial charge is 0.493 e. The molecule has 0 aliphatic heterocycles. The first kappa shape index (κ1) is 21.2. The van der Waals surface area contributed by atoms with Crippen LogP contribution in [0.25, 0.3) is 10.9 Å². The molecule has 1 aromatic heterocycles. The topological polar surface area (TPSA) is 59.4 Å². The van der Waals surface area contributed by atoms with Gasteiger partial charge in [0, 0.05) is 11.5 Å². The van der Waals surface area contributed by atoms with Crippen LogP contribution in [-0.4, -0.2) is 22.7 Å². The molecule has 0 fully saturated rings. The van der Waals surface area contributed by atoms with Gasteiger partial charge in [0.2, 0.25) is 0 Å². The predicted molar refractivity (Wildman–Crippen MR) is 111 cm³/mol. The van der Waals surface area contributed by atoms with E-state index in [1.54, 1.807) is 6.07 Å². The van der Waals surface area contributed by atoms with E-state index in [2.05, 4.69) is 11.9 Å². The number of nitrogens with zero attached hydrogens (tertiary/aromatic N) is 1. The summed E-state index contributed by atoms with van der Waals surface area (Å²) >= 11 is 0. The molecule has 0 saturated carbocycles. The molecule has 0 bridgehead atoms. The van der Waals surface area contributed by atoms with Crippen molar-refractivity contribution in [2.24, 2.45) is 0 Å². The molecule has 0 atom stereocenters. The molecule has 1 N–H and O–H groups in total. The molecular formula is C23H33NO3. The SMILES string of the molecule is CCCCCCCCCCCCOc1cc(C(=O)O)nc2ccc(C)cc12. The number of hydrogen-bond acceptors (Lipinski definition) is 3. The van der Waals surface area contributed by atoms with Crippen molar-refractivity contribution in [1.29, 1.82) is 0 Å². The number of carbonyl (C=O) groups is 1. The van der Waals surface area contributed by atoms with Gasteiger partial charge in [-0.15, -0.1) is 0 Å². The van der Waals surface area contributed by atoms with E-state index in [-0.39, 0.29) is 5.69 Å². The van der Waals surface area contributed by atoms with Gasteiger partial charge in [0.25, 0.3) is 0 Å². The quantitative estimate of drug-likeness (QED) is 0.406. The fourth-order valence-electron chi connectivity index (χ4n) is 3.31. The number of fused-ring (bicyclic) bond motifs is 1. The van der Waals surface area contributed by atoms with Crippen molar-refractivity contribution in [3.05, 3.63) is 35.5 Å². The summed E-state index contributed by atoms with van der Waals surface area (Å²) in [4.78, 5) is 15.5. The maximum absolute atomic E-state index is 11.3. The zero-order valence-corrected chi connectivity index (χ0v) is 16.8. The van der Waals surface area contributed by atoms with Crippen LogP contribution in [0.2, 0.25) is 0 Å². The number of benzene rings is 1. The van der Waals surface area contributed by atoms with Crippen LogP contribution in [0.4, 0.5) is 0 Å². The summed E-state index contributed by atoms with van der Waals surface area (Å²) in [7, 11) is 0. The zero-order valence-electron chi connectivity index (χ0n) is 16.8. The van der Waals surface area contributed by atoms with Crippen LogP contribution >= 0.6 is 0 Å². The number of pyridine rings is 1. The van der Waals surface area contributed by atoms with E-state index in [4.69, 9.17) is 4.74 Å². The second kappa shape index (κ2) is 11.6. The van der Waals surface area contributed by atoms with Gasteiger partial charge in [-0.05, 0) is 25.5 Å². The third-order valence-electron chi connectivity index (χ3n) is 4.90. The minimum absolute atomic E-state index is 0.0319. The summed E-state index contributed by atoms with van der Waals surface area (Å²) < 4.78 is 5.93. The van der Waals surface area contributed by atoms with Crippen LogP contribution in [0, 0.1) is 6.92 Å². The first-order chi connectivity index (χ1) is 13.1. The minimum Gasteiger partial charge on any atom is -0.493 e. The molecule has 27 heavy (non-hydrogen) atoms. The van der Waals surface area contributed by atoms with Crippen LogP contribution in [0.5, 0.6) is 5.75 Å². The number of carboxylic acids is 1. The van der Waals surface area contributed by atoms with E-state index < -0.39 is 5.97 Å². The van der Waals surface area contributed by atoms with E-state index in [1.807, 2.05) is 25.1 Å². The normalized spacial score (nSPS) is 11.0. The van der Waals surface area contributed by atoms with E-state index in [0.717, 1.165) is 23.8 Å². The van der Waals surface area contributed by atoms with Gasteiger partial charge in [-0.2, -0.15) is 0 Å². The Bertz CT molecular complexity index is 727. The molecule has 1 aromatic carbocycles. The van der Waals surface area contributed by atoms with Crippen molar-refractivity contribution in [3.8, 4) is 5.75 Å². The first-order valence-corrected chi connectivity index (χ1v) is 10.4. The second-order valence-corrected chi connectivity index (χ2v) is 7.36. The van der Waals surface area contributed by atoms with Gasteiger partial charge in [-0.3, -0.25) is 0 Å². The zero-order chi connectivity index (χ0) is 19.5. The van der Waals surface area contributed by atoms with Crippen molar-refractivity contribution in [2.45, 2.75) is 78.1 Å². The number of carboxylic acid groups (broad SMARTS) is 1. The van der Waals surface area contributed by atoms with Gasteiger partial charge in [0.1, 0.15) is 5.75 Å². The number of aromatic nitrogens is 1. The van der Waals surface area contributed by atoms with Gasteiger partial charge in [0.15, 0.2) is 5.69 Å². The highest BCUT2D eigenvalue weighted by Gasteiger charge is 2.12. The number of hydrogen-bond donors (Lipinski definition) is 1. The number of ether oxygens (including phenoxy) is 1. The molecule has 0 amide bonds. The molecule has 2 rings (SSSR count). The van der Waals surface area contributed by atoms with Gasteiger partial charge < -0.3 is 9.84 Å². The second-order valence-electron chi connectivity index (χ2n) is 7.36. The Morgan fingerprint density at radius 3 is 2.22 bits per heavy atom. The molecule has 148 valence electrons. The number of unbranched alkanes of at least 4 members (excludes halogenated alkanes) is 9. The Balaban J connectivity index is 1.76. The molecule has 0 unspecified atom stereocenters. The molecule has 2 aromatic rings. The molecule has 0 radical (unpaired) electrons. The monoisotopic (exact) mass is 371 g/mol. The fraction of sp³-hybridized carbons (Fsp3) is 0.565. The van der Waals surface area contributed by atoms with Crippen LogP contribution in [-0.2, 0) is 0 Å². The molecular weight excluding hydrogens is 338 g/mol. The maximum atomic E-state index is 11.3. The van der Waals surface area contributed by atoms with Crippen LogP contribution in [0.15, 0.2) is 24.3 Å². The lowest BCUT2D eigenvalue weighted by Crippen LogP contribution is -2.04. The van der Waals surface area contributed by atoms with Crippen molar-refractivity contribution in [3.63, 3.8) is 0 Å². The highest BCUT2D eigenvalue weighted by atomic mass is 16.5. The lowest BCUT2D eigenvalue weighted by atomic mass is 10.1. The third-order valence-corrected chi connectivity index (χ3v) is 4.90. The summed E-state index contributed by atoms with van der Waals surface area (Å²) in [5.74, 6) is -0.404. The molecule has 0 aliphatic rings. The van der Waals surface area contributed by atoms with Gasteiger partial charge in [0.05, 0.1) is 12.1 Å². The summed E-state index contributed by atoms with van der Waals surface area (Å²) in [6.07, 6.45) is 12.8. The minimum atomic E-state index is -1.03. The highest BCUT2D eigenvalue weighted by molar-refractivity contribution is 5.93. The Morgan fingerprint density at radius 1 is 0.963 bits per heavy atom. The Hall–Kier alpha value is -2.10. The van der Waals surface area contributed by atoms with E-state index in [1.165, 1.54) is 51.4 Å². The third kappa shape index (κ3) is 7.20. The lowest BCUT2D eigenvalue weighted by molar-refractivity contribution is 0.0690. The van der Waals surface area contributed by atoms with Crippen molar-refractivity contribution >= 4 is 16.9 Å². The van der Waals surface area contributed by atoms with Crippen molar-refractivity contribution in [2.75, 3.05) is 6.61 Å². The number of aromatic carboxylic acids is 1. The summed E-state index contributed by atoms with van der Waals surface area (Å²) in [6, 6.07) is 7.33. The van der Waals surface area contributed by atoms with E-state index in [0.29, 0.717) is 17.9 Å². The molecule has 0 spiro atoms. The predicted octanol–water partition coefficient (Wildman–Crippen LogP) is 6.54. The fourth-order valence-corrected chi connectivity index (χ4v) is 3.31. The summed E-state index contributed by atoms with van der Waals surface area (Å²) in [5.41, 5.74) is 1.80. The highest BCUT2D eigenvalue weighted by Crippen LogP contribution is 2.27. The van der Waals surface area contributed by atoms with E-state index in [9.17, 15) is 9.90 Å². The molecule has 4 nitrogen and oxygen atoms in total. The van der Waals surface area contributed by atoms with Crippen LogP contribution < -0.4 is 4.74 Å². The molecule has 0 saturated heterocycles. The lowest BCUT2D eigenvalue weighted by Gasteiger charge is -2.11. The Kier molecular flexibility index (Phi) is 9.09. The standard InChI is InChI=1S/C23H33NO3/c1-3-4-5-6-7-8-9-10-11-12-15-27-22-17-21(23(25)26)24-20-14-13-18(2)16-19(20)22/h13-14,16-17H,3-12,15H2,1-2H3,(H,25,26). The average molecular weight is 372 g/mol. The molecule has 4 heteroatoms. The van der Waals surface area contributed by atoms with Crippen LogP contribution in [0.3, 0.4) is 0 Å². The summed E-state index contributed by atoms with van der Waals surface area (Å²) in [5, 5.41) is 10.1. The van der Waals surface area contributed by atoms with Crippen molar-refractivity contribution in [1.82, 2.24) is 4.98 Å². The summed E-state index contributed by atoms with van der Waals surface area (Å²) in [6.45, 7) is 4.87. The number of rotatable bonds is 13. The number of aryl methyl sites for hydroxylation is 1. The molecule has 1 heterocycles. The first-order valence-electron chi connectivity index (χ1n) is 10.4. The van der Waals surface area contributed by atoms with Gasteiger partial charge in [-0.25, -0.2) is 9.78 Å². The van der Waals surface area contributed by atoms with Crippen LogP contribution in [0.1, 0.15) is 87.2 Å². The van der Waals surface area contributed by atoms with E-state index >= 15 is 0 Å². The Morgan fingerprint density at radius 2 is 1.59 bits per heavy atom.